The number of benzene rings is 2. The number of H-pyrrole nitrogens is 1. The Morgan fingerprint density at radius 3 is 2.47 bits per heavy atom. The highest BCUT2D eigenvalue weighted by Crippen LogP contribution is 2.34. The van der Waals surface area contributed by atoms with E-state index in [0.717, 1.165) is 12.1 Å². The van der Waals surface area contributed by atoms with Gasteiger partial charge in [0.05, 0.1) is 10.5 Å². The van der Waals surface area contributed by atoms with Crippen LogP contribution in [0.25, 0.3) is 5.69 Å². The summed E-state index contributed by atoms with van der Waals surface area (Å²) in [6.07, 6.45) is -3.34. The first kappa shape index (κ1) is 22.9. The second-order valence-electron chi connectivity index (χ2n) is 6.46. The quantitative estimate of drug-likeness (QED) is 0.156. The topological polar surface area (TPSA) is 105 Å². The van der Waals surface area contributed by atoms with Crippen molar-refractivity contribution in [2.24, 2.45) is 0 Å². The number of nitro groups is 1. The Bertz CT molecular complexity index is 1200. The van der Waals surface area contributed by atoms with E-state index in [0.29, 0.717) is 11.8 Å². The smallest absolute Gasteiger partial charge is 0.378 e. The van der Waals surface area contributed by atoms with E-state index in [1.165, 1.54) is 35.0 Å². The van der Waals surface area contributed by atoms with Gasteiger partial charge in [-0.3, -0.25) is 19.5 Å². The number of carbonyl (C=O) groups excluding carboxylic acids is 1. The van der Waals surface area contributed by atoms with Crippen LogP contribution in [0, 0.1) is 20.7 Å². The third-order valence-corrected chi connectivity index (χ3v) is 4.64. The fraction of sp³-hybridized carbons (Fsp3) is 0.158. The highest BCUT2D eigenvalue weighted by Gasteiger charge is 2.33. The number of carbonyl (C=O) groups is 1. The Balaban J connectivity index is 1.66. The van der Waals surface area contributed by atoms with Crippen LogP contribution in [0.15, 0.2) is 48.7 Å². The molecule has 0 aliphatic rings. The molecule has 0 saturated carbocycles. The van der Waals surface area contributed by atoms with Gasteiger partial charge in [-0.1, -0.05) is 0 Å². The Morgan fingerprint density at radius 1 is 1.16 bits per heavy atom. The van der Waals surface area contributed by atoms with Crippen molar-refractivity contribution < 1.29 is 27.3 Å². The first-order chi connectivity index (χ1) is 15.1. The fourth-order valence-corrected chi connectivity index (χ4v) is 3.12. The molecule has 0 aliphatic carbocycles. The Morgan fingerprint density at radius 2 is 1.84 bits per heavy atom. The molecule has 2 aromatic carbocycles. The predicted molar refractivity (Wildman–Crippen MR) is 110 cm³/mol. The summed E-state index contributed by atoms with van der Waals surface area (Å²) in [5.41, 5.74) is -1.39. The summed E-state index contributed by atoms with van der Waals surface area (Å²) in [6, 6.07) is 7.45. The molecule has 1 heterocycles. The summed E-state index contributed by atoms with van der Waals surface area (Å²) >= 11 is 5.16. The van der Waals surface area contributed by atoms with E-state index < -0.39 is 34.1 Å². The van der Waals surface area contributed by atoms with Gasteiger partial charge in [0.15, 0.2) is 4.77 Å². The van der Waals surface area contributed by atoms with Crippen molar-refractivity contribution in [3.8, 4) is 5.69 Å². The van der Waals surface area contributed by atoms with Crippen LogP contribution in [0.2, 0.25) is 0 Å². The van der Waals surface area contributed by atoms with E-state index in [1.807, 2.05) is 0 Å². The maximum absolute atomic E-state index is 13.2. The maximum atomic E-state index is 13.2. The minimum Gasteiger partial charge on any atom is -0.378 e. The van der Waals surface area contributed by atoms with Gasteiger partial charge >= 0.3 is 6.18 Å². The monoisotopic (exact) mass is 469 g/mol. The van der Waals surface area contributed by atoms with Crippen molar-refractivity contribution in [2.75, 3.05) is 18.4 Å². The number of hydrogen-bond acceptors (Lipinski definition) is 5. The molecule has 0 fully saturated rings. The van der Waals surface area contributed by atoms with Gasteiger partial charge < -0.3 is 15.6 Å². The number of halogens is 4. The van der Waals surface area contributed by atoms with Crippen LogP contribution >= 0.6 is 12.2 Å². The lowest BCUT2D eigenvalue weighted by atomic mass is 10.1. The summed E-state index contributed by atoms with van der Waals surface area (Å²) in [5, 5.41) is 16.3. The first-order valence-electron chi connectivity index (χ1n) is 9.02. The normalized spacial score (nSPS) is 11.2. The van der Waals surface area contributed by atoms with Gasteiger partial charge in [-0.15, -0.1) is 0 Å². The number of anilines is 1. The molecule has 1 amide bonds. The van der Waals surface area contributed by atoms with E-state index >= 15 is 0 Å². The number of rotatable bonds is 7. The van der Waals surface area contributed by atoms with E-state index in [9.17, 15) is 32.5 Å². The molecule has 13 heteroatoms. The molecule has 32 heavy (non-hydrogen) atoms. The van der Waals surface area contributed by atoms with Crippen molar-refractivity contribution in [1.82, 2.24) is 14.9 Å². The molecule has 0 radical (unpaired) electrons. The number of nitro benzene ring substituents is 1. The molecule has 0 unspecified atom stereocenters. The molecule has 0 bridgehead atoms. The molecule has 3 N–H and O–H groups in total. The molecule has 0 saturated heterocycles. The Hall–Kier alpha value is -3.74. The SMILES string of the molecule is O=C(NCCNc1ccc(C(F)(F)F)cc1[N+](=O)[O-])c1c[nH]c(=S)n1-c1ccc(F)cc1. The van der Waals surface area contributed by atoms with Crippen molar-refractivity contribution in [1.29, 1.82) is 0 Å². The largest absolute Gasteiger partial charge is 0.416 e. The number of alkyl halides is 3. The molecule has 0 spiro atoms. The lowest BCUT2D eigenvalue weighted by Crippen LogP contribution is -2.30. The standard InChI is InChI=1S/C19H15F4N5O3S/c20-12-2-4-13(5-3-12)27-16(10-26-18(27)32)17(29)25-8-7-24-14-6-1-11(19(21,22)23)9-15(14)28(30)31/h1-6,9-10,24H,7-8H2,(H,25,29)(H,26,32). The molecule has 168 valence electrons. The summed E-state index contributed by atoms with van der Waals surface area (Å²) in [7, 11) is 0. The van der Waals surface area contributed by atoms with Gasteiger partial charge in [0.2, 0.25) is 0 Å². The van der Waals surface area contributed by atoms with Crippen molar-refractivity contribution >= 4 is 29.5 Å². The average molecular weight is 469 g/mol. The average Bonchev–Trinajstić information content (AvgIpc) is 3.12. The number of aromatic amines is 1. The Kier molecular flexibility index (Phi) is 6.58. The number of nitrogens with zero attached hydrogens (tertiary/aromatic N) is 2. The number of aromatic nitrogens is 2. The highest BCUT2D eigenvalue weighted by molar-refractivity contribution is 7.71. The van der Waals surface area contributed by atoms with Crippen molar-refractivity contribution in [3.63, 3.8) is 0 Å². The van der Waals surface area contributed by atoms with E-state index in [1.54, 1.807) is 0 Å². The second-order valence-corrected chi connectivity index (χ2v) is 6.85. The summed E-state index contributed by atoms with van der Waals surface area (Å²) < 4.78 is 53.1. The molecule has 3 rings (SSSR count). The fourth-order valence-electron chi connectivity index (χ4n) is 2.85. The van der Waals surface area contributed by atoms with Crippen LogP contribution in [-0.2, 0) is 6.18 Å². The number of amides is 1. The zero-order valence-corrected chi connectivity index (χ0v) is 16.9. The zero-order chi connectivity index (χ0) is 23.5. The van der Waals surface area contributed by atoms with E-state index in [-0.39, 0.29) is 29.2 Å². The molecular formula is C19H15F4N5O3S. The number of imidazole rings is 1. The van der Waals surface area contributed by atoms with Crippen molar-refractivity contribution in [3.05, 3.63) is 80.6 Å². The van der Waals surface area contributed by atoms with Gasteiger partial charge in [-0.2, -0.15) is 13.2 Å². The third kappa shape index (κ3) is 5.11. The Labute approximate surface area is 183 Å². The van der Waals surface area contributed by atoms with E-state index in [2.05, 4.69) is 15.6 Å². The van der Waals surface area contributed by atoms with Gasteiger partial charge in [-0.05, 0) is 48.6 Å². The van der Waals surface area contributed by atoms with Crippen LogP contribution in [0.5, 0.6) is 0 Å². The van der Waals surface area contributed by atoms with Gasteiger partial charge in [0.1, 0.15) is 17.2 Å². The minimum absolute atomic E-state index is 0.000349. The van der Waals surface area contributed by atoms with Crippen LogP contribution < -0.4 is 10.6 Å². The molecular weight excluding hydrogens is 454 g/mol. The molecule has 0 atom stereocenters. The van der Waals surface area contributed by atoms with Crippen LogP contribution in [0.1, 0.15) is 16.1 Å². The minimum atomic E-state index is -4.71. The van der Waals surface area contributed by atoms with Gasteiger partial charge in [0.25, 0.3) is 11.6 Å². The first-order valence-corrected chi connectivity index (χ1v) is 9.43. The summed E-state index contributed by atoms with van der Waals surface area (Å²) in [6.45, 7) is -0.00197. The zero-order valence-electron chi connectivity index (χ0n) is 16.1. The molecule has 1 aromatic heterocycles. The lowest BCUT2D eigenvalue weighted by molar-refractivity contribution is -0.384. The summed E-state index contributed by atoms with van der Waals surface area (Å²) in [4.78, 5) is 25.4. The van der Waals surface area contributed by atoms with Gasteiger partial charge in [-0.25, -0.2) is 4.39 Å². The molecule has 3 aromatic rings. The highest BCUT2D eigenvalue weighted by atomic mass is 32.1. The van der Waals surface area contributed by atoms with Crippen LogP contribution in [0.4, 0.5) is 28.9 Å². The predicted octanol–water partition coefficient (Wildman–Crippen LogP) is 4.44. The summed E-state index contributed by atoms with van der Waals surface area (Å²) in [5.74, 6) is -0.990. The lowest BCUT2D eigenvalue weighted by Gasteiger charge is -2.12. The molecule has 8 nitrogen and oxygen atoms in total. The van der Waals surface area contributed by atoms with Crippen molar-refractivity contribution in [2.45, 2.75) is 6.18 Å². The third-order valence-electron chi connectivity index (χ3n) is 4.34. The van der Waals surface area contributed by atoms with Crippen LogP contribution in [-0.4, -0.2) is 33.5 Å². The maximum Gasteiger partial charge on any atom is 0.416 e. The second kappa shape index (κ2) is 9.18. The molecule has 0 aliphatic heterocycles. The van der Waals surface area contributed by atoms with Gasteiger partial charge in [0, 0.05) is 31.0 Å². The number of nitrogens with one attached hydrogen (secondary N) is 3. The number of hydrogen-bond donors (Lipinski definition) is 3. The van der Waals surface area contributed by atoms with Crippen LogP contribution in [0.3, 0.4) is 0 Å². The van der Waals surface area contributed by atoms with E-state index in [4.69, 9.17) is 12.2 Å².